The molecule has 5 heteroatoms. The van der Waals surface area contributed by atoms with Crippen LogP contribution < -0.4 is 4.74 Å². The summed E-state index contributed by atoms with van der Waals surface area (Å²) in [6.07, 6.45) is -0.337. The first-order chi connectivity index (χ1) is 11.0. The second kappa shape index (κ2) is 8.56. The van der Waals surface area contributed by atoms with Gasteiger partial charge in [0.15, 0.2) is 0 Å². The van der Waals surface area contributed by atoms with E-state index in [1.54, 1.807) is 12.1 Å². The molecule has 2 rings (SSSR count). The van der Waals surface area contributed by atoms with Crippen LogP contribution in [0, 0.1) is 6.92 Å². The Hall–Kier alpha value is -2.04. The van der Waals surface area contributed by atoms with Crippen LogP contribution in [0.1, 0.15) is 11.1 Å². The molecule has 0 heterocycles. The quantitative estimate of drug-likeness (QED) is 0.747. The van der Waals surface area contributed by atoms with E-state index in [-0.39, 0.29) is 6.61 Å². The van der Waals surface area contributed by atoms with E-state index in [0.29, 0.717) is 23.8 Å². The Morgan fingerprint density at radius 1 is 1.13 bits per heavy atom. The summed E-state index contributed by atoms with van der Waals surface area (Å²) in [5.41, 5.74) is 2.17. The lowest BCUT2D eigenvalue weighted by Gasteiger charge is -2.15. The van der Waals surface area contributed by atoms with Crippen molar-refractivity contribution < 1.29 is 19.4 Å². The number of hydrogen-bond donors (Lipinski definition) is 1. The number of carboxylic acids is 1. The third-order valence-corrected chi connectivity index (χ3v) is 3.54. The molecule has 0 fully saturated rings. The highest BCUT2D eigenvalue weighted by Gasteiger charge is 2.19. The van der Waals surface area contributed by atoms with Crippen molar-refractivity contribution in [3.05, 3.63) is 64.7 Å². The highest BCUT2D eigenvalue weighted by atomic mass is 35.5. The third kappa shape index (κ3) is 5.93. The summed E-state index contributed by atoms with van der Waals surface area (Å²) >= 11 is 5.82. The smallest absolute Gasteiger partial charge is 0.347 e. The van der Waals surface area contributed by atoms with Gasteiger partial charge in [-0.1, -0.05) is 41.4 Å². The number of benzene rings is 2. The summed E-state index contributed by atoms with van der Waals surface area (Å²) in [6.45, 7) is 2.37. The lowest BCUT2D eigenvalue weighted by atomic mass is 10.2. The fourth-order valence-corrected chi connectivity index (χ4v) is 2.09. The van der Waals surface area contributed by atoms with Gasteiger partial charge in [-0.2, -0.15) is 0 Å². The molecule has 0 aliphatic carbocycles. The second-order valence-corrected chi connectivity index (χ2v) is 5.65. The topological polar surface area (TPSA) is 55.8 Å². The molecular weight excluding hydrogens is 316 g/mol. The van der Waals surface area contributed by atoms with E-state index in [0.717, 1.165) is 11.1 Å². The van der Waals surface area contributed by atoms with Crippen molar-refractivity contribution in [1.29, 1.82) is 0 Å². The highest BCUT2D eigenvalue weighted by Crippen LogP contribution is 2.14. The maximum absolute atomic E-state index is 11.3. The van der Waals surface area contributed by atoms with Crippen molar-refractivity contribution in [2.24, 2.45) is 0 Å². The van der Waals surface area contributed by atoms with Crippen molar-refractivity contribution in [3.63, 3.8) is 0 Å². The number of hydrogen-bond acceptors (Lipinski definition) is 3. The van der Waals surface area contributed by atoms with E-state index < -0.39 is 12.1 Å². The van der Waals surface area contributed by atoms with Crippen LogP contribution in [0.15, 0.2) is 48.5 Å². The Kier molecular flexibility index (Phi) is 6.44. The van der Waals surface area contributed by atoms with Crippen LogP contribution in [0.4, 0.5) is 0 Å². The Labute approximate surface area is 140 Å². The van der Waals surface area contributed by atoms with Crippen molar-refractivity contribution in [2.75, 3.05) is 13.2 Å². The van der Waals surface area contributed by atoms with E-state index in [4.69, 9.17) is 21.1 Å². The summed E-state index contributed by atoms with van der Waals surface area (Å²) in [5, 5.41) is 9.90. The Morgan fingerprint density at radius 2 is 1.78 bits per heavy atom. The lowest BCUT2D eigenvalue weighted by Crippen LogP contribution is -2.32. The maximum atomic E-state index is 11.3. The summed E-state index contributed by atoms with van der Waals surface area (Å²) < 4.78 is 10.9. The van der Waals surface area contributed by atoms with Crippen LogP contribution in [-0.2, 0) is 16.0 Å². The van der Waals surface area contributed by atoms with Crippen LogP contribution in [0.2, 0.25) is 5.02 Å². The molecule has 0 aliphatic rings. The zero-order valence-corrected chi connectivity index (χ0v) is 13.6. The first-order valence-corrected chi connectivity index (χ1v) is 7.71. The molecule has 122 valence electrons. The molecule has 2 aromatic rings. The molecule has 0 aromatic heterocycles. The van der Waals surface area contributed by atoms with Gasteiger partial charge < -0.3 is 14.6 Å². The number of ether oxygens (including phenoxy) is 2. The number of rotatable bonds is 8. The fraction of sp³-hybridized carbons (Fsp3) is 0.278. The summed E-state index contributed by atoms with van der Waals surface area (Å²) in [6, 6.07) is 14.7. The average Bonchev–Trinajstić information content (AvgIpc) is 2.53. The van der Waals surface area contributed by atoms with E-state index >= 15 is 0 Å². The average molecular weight is 335 g/mol. The minimum absolute atomic E-state index is 0.00318. The normalized spacial score (nSPS) is 11.9. The number of aliphatic carboxylic acids is 1. The molecule has 0 saturated heterocycles. The molecule has 0 spiro atoms. The Morgan fingerprint density at radius 3 is 2.39 bits per heavy atom. The largest absolute Gasteiger partial charge is 0.478 e. The van der Waals surface area contributed by atoms with Gasteiger partial charge in [-0.3, -0.25) is 0 Å². The molecule has 0 saturated carbocycles. The summed E-state index contributed by atoms with van der Waals surface area (Å²) in [5.74, 6) is -0.527. The van der Waals surface area contributed by atoms with Crippen molar-refractivity contribution in [3.8, 4) is 5.75 Å². The highest BCUT2D eigenvalue weighted by molar-refractivity contribution is 6.30. The van der Waals surface area contributed by atoms with Gasteiger partial charge in [-0.25, -0.2) is 4.79 Å². The molecule has 4 nitrogen and oxygen atoms in total. The molecule has 0 bridgehead atoms. The Bertz CT molecular complexity index is 622. The third-order valence-electron chi connectivity index (χ3n) is 3.29. The predicted molar refractivity (Wildman–Crippen MR) is 89.2 cm³/mol. The van der Waals surface area contributed by atoms with Gasteiger partial charge in [-0.05, 0) is 43.2 Å². The van der Waals surface area contributed by atoms with Crippen LogP contribution in [0.3, 0.4) is 0 Å². The molecular formula is C18H19ClO4. The van der Waals surface area contributed by atoms with Gasteiger partial charge in [0.05, 0.1) is 13.2 Å². The minimum atomic E-state index is -1.04. The predicted octanol–water partition coefficient (Wildman–Crippen LogP) is 3.74. The van der Waals surface area contributed by atoms with Crippen molar-refractivity contribution in [1.82, 2.24) is 0 Å². The Balaban J connectivity index is 1.79. The van der Waals surface area contributed by atoms with Gasteiger partial charge in [0, 0.05) is 5.02 Å². The van der Waals surface area contributed by atoms with Gasteiger partial charge in [0.2, 0.25) is 6.10 Å². The molecule has 23 heavy (non-hydrogen) atoms. The molecule has 1 N–H and O–H groups in total. The molecule has 2 aromatic carbocycles. The van der Waals surface area contributed by atoms with E-state index in [1.807, 2.05) is 43.3 Å². The van der Waals surface area contributed by atoms with Gasteiger partial charge >= 0.3 is 5.97 Å². The second-order valence-electron chi connectivity index (χ2n) is 5.21. The summed E-state index contributed by atoms with van der Waals surface area (Å²) in [4.78, 5) is 11.3. The maximum Gasteiger partial charge on any atom is 0.347 e. The van der Waals surface area contributed by atoms with Gasteiger partial charge in [-0.15, -0.1) is 0 Å². The summed E-state index contributed by atoms with van der Waals surface area (Å²) in [7, 11) is 0. The standard InChI is InChI=1S/C18H19ClO4/c1-13-2-8-16(9-3-13)23-17(18(20)21)12-22-11-10-14-4-6-15(19)7-5-14/h2-9,17H,10-12H2,1H3,(H,20,21). The number of aryl methyl sites for hydroxylation is 1. The first kappa shape index (κ1) is 17.3. The molecule has 0 radical (unpaired) electrons. The van der Waals surface area contributed by atoms with Crippen LogP contribution in [0.25, 0.3) is 0 Å². The SMILES string of the molecule is Cc1ccc(OC(COCCc2ccc(Cl)cc2)C(=O)O)cc1. The van der Waals surface area contributed by atoms with Crippen LogP contribution in [0.5, 0.6) is 5.75 Å². The van der Waals surface area contributed by atoms with Crippen LogP contribution in [-0.4, -0.2) is 30.4 Å². The molecule has 0 amide bonds. The van der Waals surface area contributed by atoms with E-state index in [1.165, 1.54) is 0 Å². The van der Waals surface area contributed by atoms with Gasteiger partial charge in [0.25, 0.3) is 0 Å². The zero-order valence-electron chi connectivity index (χ0n) is 12.9. The van der Waals surface area contributed by atoms with Crippen molar-refractivity contribution >= 4 is 17.6 Å². The van der Waals surface area contributed by atoms with Crippen LogP contribution >= 0.6 is 11.6 Å². The zero-order chi connectivity index (χ0) is 16.7. The molecule has 0 aliphatic heterocycles. The molecule has 1 atom stereocenters. The fourth-order valence-electron chi connectivity index (χ4n) is 1.97. The van der Waals surface area contributed by atoms with E-state index in [2.05, 4.69) is 0 Å². The minimum Gasteiger partial charge on any atom is -0.478 e. The van der Waals surface area contributed by atoms with Gasteiger partial charge in [0.1, 0.15) is 5.75 Å². The number of carboxylic acid groups (broad SMARTS) is 1. The molecule has 1 unspecified atom stereocenters. The van der Waals surface area contributed by atoms with E-state index in [9.17, 15) is 9.90 Å². The monoisotopic (exact) mass is 334 g/mol. The van der Waals surface area contributed by atoms with Crippen molar-refractivity contribution in [2.45, 2.75) is 19.4 Å². The lowest BCUT2D eigenvalue weighted by molar-refractivity contribution is -0.147. The first-order valence-electron chi connectivity index (χ1n) is 7.33. The number of halogens is 1. The number of carbonyl (C=O) groups is 1.